The van der Waals surface area contributed by atoms with Gasteiger partial charge in [-0.25, -0.2) is 4.79 Å². The van der Waals surface area contributed by atoms with Crippen LogP contribution in [0.25, 0.3) is 0 Å². The van der Waals surface area contributed by atoms with Gasteiger partial charge in [0.05, 0.1) is 6.10 Å². The number of urea groups is 1. The van der Waals surface area contributed by atoms with E-state index in [4.69, 9.17) is 0 Å². The van der Waals surface area contributed by atoms with Gasteiger partial charge in [0.1, 0.15) is 0 Å². The predicted molar refractivity (Wildman–Crippen MR) is 48.3 cm³/mol. The lowest BCUT2D eigenvalue weighted by molar-refractivity contribution is 0.111. The van der Waals surface area contributed by atoms with E-state index in [1.54, 1.807) is 16.8 Å². The molecule has 0 aromatic rings. The molecule has 1 N–H and O–H groups in total. The van der Waals surface area contributed by atoms with Crippen LogP contribution in [0.15, 0.2) is 0 Å². The van der Waals surface area contributed by atoms with Gasteiger partial charge in [0.25, 0.3) is 0 Å². The fourth-order valence-corrected chi connectivity index (χ4v) is 1.73. The highest BCUT2D eigenvalue weighted by atomic mass is 16.3. The second-order valence-electron chi connectivity index (χ2n) is 4.05. The van der Waals surface area contributed by atoms with E-state index in [9.17, 15) is 9.90 Å². The first-order valence-electron chi connectivity index (χ1n) is 4.86. The van der Waals surface area contributed by atoms with Crippen molar-refractivity contribution in [2.45, 2.75) is 18.9 Å². The average molecular weight is 184 g/mol. The van der Waals surface area contributed by atoms with E-state index in [1.165, 1.54) is 0 Å². The van der Waals surface area contributed by atoms with Crippen molar-refractivity contribution in [1.82, 2.24) is 9.80 Å². The smallest absolute Gasteiger partial charge is 0.319 e. The number of hydrogen-bond acceptors (Lipinski definition) is 2. The van der Waals surface area contributed by atoms with Gasteiger partial charge >= 0.3 is 6.03 Å². The molecule has 13 heavy (non-hydrogen) atoms. The normalized spacial score (nSPS) is 25.5. The van der Waals surface area contributed by atoms with Crippen LogP contribution in [0.4, 0.5) is 4.79 Å². The maximum absolute atomic E-state index is 11.4. The summed E-state index contributed by atoms with van der Waals surface area (Å²) >= 11 is 0. The summed E-state index contributed by atoms with van der Waals surface area (Å²) in [5, 5.41) is 9.64. The number of aliphatic hydroxyl groups is 1. The maximum Gasteiger partial charge on any atom is 0.319 e. The topological polar surface area (TPSA) is 43.8 Å². The highest BCUT2D eigenvalue weighted by Crippen LogP contribution is 2.33. The van der Waals surface area contributed by atoms with Crippen LogP contribution in [0.3, 0.4) is 0 Å². The molecule has 4 heteroatoms. The second kappa shape index (κ2) is 3.18. The van der Waals surface area contributed by atoms with E-state index in [1.807, 2.05) is 0 Å². The molecule has 2 amide bonds. The molecule has 4 nitrogen and oxygen atoms in total. The molecule has 1 aliphatic heterocycles. The summed E-state index contributed by atoms with van der Waals surface area (Å²) in [6.45, 7) is 2.07. The van der Waals surface area contributed by atoms with E-state index >= 15 is 0 Å². The Kier molecular flexibility index (Phi) is 2.15. The number of aliphatic hydroxyl groups excluding tert-OH is 1. The molecule has 0 bridgehead atoms. The lowest BCUT2D eigenvalue weighted by Crippen LogP contribution is -2.36. The highest BCUT2D eigenvalue weighted by Gasteiger charge is 2.34. The number of β-amino-alcohol motifs (C(OH)–C–C–N with tert-alkyl or cyclic N) is 1. The van der Waals surface area contributed by atoms with Gasteiger partial charge in [-0.05, 0) is 18.8 Å². The summed E-state index contributed by atoms with van der Waals surface area (Å²) in [5.74, 6) is 0.457. The Morgan fingerprint density at radius 1 is 1.54 bits per heavy atom. The van der Waals surface area contributed by atoms with Crippen LogP contribution in [0.2, 0.25) is 0 Å². The second-order valence-corrected chi connectivity index (χ2v) is 4.05. The van der Waals surface area contributed by atoms with Gasteiger partial charge in [0.2, 0.25) is 0 Å². The molecule has 1 unspecified atom stereocenters. The number of likely N-dealkylation sites (N-methyl/N-ethyl adjacent to an activating group) is 1. The van der Waals surface area contributed by atoms with Crippen molar-refractivity contribution in [2.75, 3.05) is 26.7 Å². The van der Waals surface area contributed by atoms with Crippen LogP contribution in [-0.4, -0.2) is 53.7 Å². The summed E-state index contributed by atoms with van der Waals surface area (Å²) in [6, 6.07) is 0.0553. The van der Waals surface area contributed by atoms with Crippen molar-refractivity contribution in [3.8, 4) is 0 Å². The van der Waals surface area contributed by atoms with Gasteiger partial charge in [-0.1, -0.05) is 0 Å². The molecule has 0 aromatic heterocycles. The Bertz CT molecular complexity index is 216. The Hall–Kier alpha value is -0.770. The van der Waals surface area contributed by atoms with Gasteiger partial charge in [-0.2, -0.15) is 0 Å². The molecule has 74 valence electrons. The lowest BCUT2D eigenvalue weighted by Gasteiger charge is -2.19. The van der Waals surface area contributed by atoms with Crippen molar-refractivity contribution in [3.05, 3.63) is 0 Å². The van der Waals surface area contributed by atoms with Gasteiger partial charge in [0.15, 0.2) is 0 Å². The number of carbonyl (C=O) groups is 1. The monoisotopic (exact) mass is 184 g/mol. The molecular formula is C9H16N2O2. The molecule has 2 aliphatic rings. The number of hydrogen-bond donors (Lipinski definition) is 1. The largest absolute Gasteiger partial charge is 0.391 e. The number of carbonyl (C=O) groups excluding carboxylic acids is 1. The van der Waals surface area contributed by atoms with Gasteiger partial charge in [-0.3, -0.25) is 0 Å². The zero-order valence-corrected chi connectivity index (χ0v) is 7.94. The van der Waals surface area contributed by atoms with Crippen LogP contribution in [0.1, 0.15) is 12.8 Å². The Morgan fingerprint density at radius 2 is 2.23 bits per heavy atom. The fraction of sp³-hybridized carbons (Fsp3) is 0.889. The third-order valence-electron chi connectivity index (χ3n) is 2.88. The molecule has 2 fully saturated rings. The summed E-state index contributed by atoms with van der Waals surface area (Å²) < 4.78 is 0. The van der Waals surface area contributed by atoms with E-state index < -0.39 is 0 Å². The van der Waals surface area contributed by atoms with Crippen LogP contribution >= 0.6 is 0 Å². The van der Waals surface area contributed by atoms with Crippen molar-refractivity contribution < 1.29 is 9.90 Å². The molecule has 1 aliphatic carbocycles. The van der Waals surface area contributed by atoms with Crippen LogP contribution < -0.4 is 0 Å². The summed E-state index contributed by atoms with van der Waals surface area (Å²) in [7, 11) is 1.80. The average Bonchev–Trinajstić information content (AvgIpc) is 2.89. The molecule has 1 heterocycles. The molecule has 2 rings (SSSR count). The van der Waals surface area contributed by atoms with E-state index in [-0.39, 0.29) is 12.1 Å². The first-order chi connectivity index (χ1) is 6.18. The van der Waals surface area contributed by atoms with Crippen LogP contribution in [0.5, 0.6) is 0 Å². The quantitative estimate of drug-likeness (QED) is 0.677. The Morgan fingerprint density at radius 3 is 2.69 bits per heavy atom. The third kappa shape index (κ3) is 1.77. The molecule has 0 radical (unpaired) electrons. The van der Waals surface area contributed by atoms with E-state index in [0.717, 1.165) is 25.9 Å². The molecule has 1 atom stereocenters. The van der Waals surface area contributed by atoms with Crippen molar-refractivity contribution in [2.24, 2.45) is 5.92 Å². The van der Waals surface area contributed by atoms with E-state index in [0.29, 0.717) is 12.5 Å². The van der Waals surface area contributed by atoms with E-state index in [2.05, 4.69) is 0 Å². The van der Waals surface area contributed by atoms with Crippen molar-refractivity contribution >= 4 is 6.03 Å². The zero-order valence-electron chi connectivity index (χ0n) is 7.94. The maximum atomic E-state index is 11.4. The SMILES string of the molecule is CN1CCN(CC(O)C2CC2)C1=O. The molecule has 0 aromatic carbocycles. The molecule has 1 saturated heterocycles. The van der Waals surface area contributed by atoms with Crippen LogP contribution in [0, 0.1) is 5.92 Å². The zero-order chi connectivity index (χ0) is 9.42. The predicted octanol–water partition coefficient (Wildman–Crippen LogP) is 0.125. The van der Waals surface area contributed by atoms with Gasteiger partial charge < -0.3 is 14.9 Å². The first kappa shape index (κ1) is 8.81. The van der Waals surface area contributed by atoms with Crippen molar-refractivity contribution in [1.29, 1.82) is 0 Å². The molecule has 1 saturated carbocycles. The molecular weight excluding hydrogens is 168 g/mol. The van der Waals surface area contributed by atoms with Gasteiger partial charge in [0, 0.05) is 26.7 Å². The van der Waals surface area contributed by atoms with Crippen molar-refractivity contribution in [3.63, 3.8) is 0 Å². The lowest BCUT2D eigenvalue weighted by atomic mass is 10.2. The Balaban J connectivity index is 1.84. The summed E-state index contributed by atoms with van der Waals surface area (Å²) in [5.41, 5.74) is 0. The minimum Gasteiger partial charge on any atom is -0.391 e. The number of rotatable bonds is 3. The minimum atomic E-state index is -0.296. The Labute approximate surface area is 78.1 Å². The molecule has 0 spiro atoms. The summed E-state index contributed by atoms with van der Waals surface area (Å²) in [4.78, 5) is 14.9. The minimum absolute atomic E-state index is 0.0553. The van der Waals surface area contributed by atoms with Gasteiger partial charge in [-0.15, -0.1) is 0 Å². The standard InChI is InChI=1S/C9H16N2O2/c1-10-4-5-11(9(10)13)6-8(12)7-2-3-7/h7-8,12H,2-6H2,1H3. The fourth-order valence-electron chi connectivity index (χ4n) is 1.73. The van der Waals surface area contributed by atoms with Crippen LogP contribution in [-0.2, 0) is 0 Å². The summed E-state index contributed by atoms with van der Waals surface area (Å²) in [6.07, 6.45) is 1.95. The number of amides is 2. The third-order valence-corrected chi connectivity index (χ3v) is 2.88. The number of nitrogens with zero attached hydrogens (tertiary/aromatic N) is 2. The highest BCUT2D eigenvalue weighted by molar-refractivity contribution is 5.76. The first-order valence-corrected chi connectivity index (χ1v) is 4.86.